The van der Waals surface area contributed by atoms with Gasteiger partial charge < -0.3 is 14.8 Å². The Kier molecular flexibility index (Phi) is 4.31. The van der Waals surface area contributed by atoms with Crippen LogP contribution in [-0.2, 0) is 4.79 Å². The SMILES string of the molecule is CC1CN(c2ccc(C#N)cc2)C(=O)CN1C(=O)c1c[nH]c(=O)cn1. The first-order valence-electron chi connectivity index (χ1n) is 7.66. The molecule has 1 atom stereocenters. The van der Waals surface area contributed by atoms with Crippen molar-refractivity contribution >= 4 is 17.5 Å². The van der Waals surface area contributed by atoms with Crippen molar-refractivity contribution in [3.8, 4) is 6.07 Å². The molecular formula is C17H15N5O3. The molecule has 0 spiro atoms. The number of hydrogen-bond donors (Lipinski definition) is 1. The number of aromatic nitrogens is 2. The average Bonchev–Trinajstić information content (AvgIpc) is 2.63. The van der Waals surface area contributed by atoms with E-state index in [0.717, 1.165) is 6.20 Å². The van der Waals surface area contributed by atoms with Crippen LogP contribution < -0.4 is 10.5 Å². The molecule has 3 rings (SSSR count). The summed E-state index contributed by atoms with van der Waals surface area (Å²) in [6, 6.07) is 8.53. The number of nitrogens with one attached hydrogen (secondary N) is 1. The highest BCUT2D eigenvalue weighted by atomic mass is 16.2. The first kappa shape index (κ1) is 16.4. The van der Waals surface area contributed by atoms with E-state index in [4.69, 9.17) is 5.26 Å². The number of amides is 2. The van der Waals surface area contributed by atoms with Gasteiger partial charge in [0.2, 0.25) is 5.91 Å². The van der Waals surface area contributed by atoms with Crippen LogP contribution in [-0.4, -0.2) is 45.8 Å². The summed E-state index contributed by atoms with van der Waals surface area (Å²) in [6.45, 7) is 2.09. The summed E-state index contributed by atoms with van der Waals surface area (Å²) in [5.41, 5.74) is 0.893. The Bertz CT molecular complexity index is 893. The van der Waals surface area contributed by atoms with Crippen LogP contribution >= 0.6 is 0 Å². The lowest BCUT2D eigenvalue weighted by molar-refractivity contribution is -0.121. The Morgan fingerprint density at radius 1 is 1.32 bits per heavy atom. The van der Waals surface area contributed by atoms with Gasteiger partial charge in [0.15, 0.2) is 0 Å². The van der Waals surface area contributed by atoms with E-state index in [2.05, 4.69) is 9.97 Å². The predicted octanol–water partition coefficient (Wildman–Crippen LogP) is 0.519. The van der Waals surface area contributed by atoms with Crippen molar-refractivity contribution < 1.29 is 9.59 Å². The molecule has 2 heterocycles. The number of piperazine rings is 1. The quantitative estimate of drug-likeness (QED) is 0.859. The minimum absolute atomic E-state index is 0.0825. The van der Waals surface area contributed by atoms with Crippen molar-refractivity contribution in [2.75, 3.05) is 18.0 Å². The van der Waals surface area contributed by atoms with Gasteiger partial charge in [-0.05, 0) is 31.2 Å². The second kappa shape index (κ2) is 6.57. The van der Waals surface area contributed by atoms with E-state index >= 15 is 0 Å². The van der Waals surface area contributed by atoms with Crippen LogP contribution in [0.5, 0.6) is 0 Å². The average molecular weight is 337 g/mol. The third-order valence-electron chi connectivity index (χ3n) is 4.05. The third-order valence-corrected chi connectivity index (χ3v) is 4.05. The zero-order valence-corrected chi connectivity index (χ0v) is 13.5. The van der Waals surface area contributed by atoms with Gasteiger partial charge in [-0.15, -0.1) is 0 Å². The number of nitriles is 1. The molecule has 1 fully saturated rings. The molecule has 1 aromatic carbocycles. The first-order chi connectivity index (χ1) is 12.0. The molecule has 1 aliphatic rings. The highest BCUT2D eigenvalue weighted by molar-refractivity contribution is 6.01. The van der Waals surface area contributed by atoms with E-state index < -0.39 is 11.5 Å². The largest absolute Gasteiger partial charge is 0.325 e. The van der Waals surface area contributed by atoms with Crippen molar-refractivity contribution in [3.63, 3.8) is 0 Å². The van der Waals surface area contributed by atoms with Crippen molar-refractivity contribution in [1.29, 1.82) is 5.26 Å². The lowest BCUT2D eigenvalue weighted by atomic mass is 10.1. The Hall–Kier alpha value is -3.47. The van der Waals surface area contributed by atoms with Crippen LogP contribution in [0.4, 0.5) is 5.69 Å². The monoisotopic (exact) mass is 337 g/mol. The number of anilines is 1. The zero-order chi connectivity index (χ0) is 18.0. The second-order valence-corrected chi connectivity index (χ2v) is 5.74. The summed E-state index contributed by atoms with van der Waals surface area (Å²) >= 11 is 0. The second-order valence-electron chi connectivity index (χ2n) is 5.74. The van der Waals surface area contributed by atoms with Gasteiger partial charge in [-0.25, -0.2) is 4.98 Å². The van der Waals surface area contributed by atoms with Gasteiger partial charge in [-0.1, -0.05) is 0 Å². The fraction of sp³-hybridized carbons (Fsp3) is 0.235. The predicted molar refractivity (Wildman–Crippen MR) is 88.9 cm³/mol. The molecule has 2 amide bonds. The molecule has 126 valence electrons. The Morgan fingerprint density at radius 3 is 2.64 bits per heavy atom. The van der Waals surface area contributed by atoms with Crippen molar-refractivity contribution in [1.82, 2.24) is 14.9 Å². The van der Waals surface area contributed by atoms with E-state index in [1.807, 2.05) is 13.0 Å². The molecule has 1 N–H and O–H groups in total. The standard InChI is InChI=1S/C17H15N5O3/c1-11-9-22(13-4-2-12(6-18)3-5-13)16(24)10-21(11)17(25)14-7-20-15(23)8-19-14/h2-5,7-8,11H,9-10H2,1H3,(H,20,23). The van der Waals surface area contributed by atoms with Gasteiger partial charge in [-0.2, -0.15) is 5.26 Å². The minimum atomic E-state index is -0.406. The molecule has 0 saturated carbocycles. The molecule has 1 aromatic heterocycles. The number of H-pyrrole nitrogens is 1. The summed E-state index contributed by atoms with van der Waals surface area (Å²) < 4.78 is 0. The maximum atomic E-state index is 12.5. The molecule has 8 nitrogen and oxygen atoms in total. The zero-order valence-electron chi connectivity index (χ0n) is 13.5. The lowest BCUT2D eigenvalue weighted by Gasteiger charge is -2.39. The van der Waals surface area contributed by atoms with Crippen LogP contribution in [0.3, 0.4) is 0 Å². The van der Waals surface area contributed by atoms with Gasteiger partial charge in [0.05, 0.1) is 17.8 Å². The molecule has 25 heavy (non-hydrogen) atoms. The molecule has 0 radical (unpaired) electrons. The summed E-state index contributed by atoms with van der Waals surface area (Å²) in [7, 11) is 0. The molecule has 1 saturated heterocycles. The highest BCUT2D eigenvalue weighted by Crippen LogP contribution is 2.21. The maximum absolute atomic E-state index is 12.5. The number of carbonyl (C=O) groups is 2. The summed E-state index contributed by atoms with van der Waals surface area (Å²) in [5, 5.41) is 8.85. The van der Waals surface area contributed by atoms with Crippen molar-refractivity contribution in [3.05, 3.63) is 58.3 Å². The Morgan fingerprint density at radius 2 is 2.04 bits per heavy atom. The Balaban J connectivity index is 1.78. The lowest BCUT2D eigenvalue weighted by Crippen LogP contribution is -2.57. The van der Waals surface area contributed by atoms with E-state index in [9.17, 15) is 14.4 Å². The molecular weight excluding hydrogens is 322 g/mol. The molecule has 8 heteroatoms. The molecule has 0 aliphatic carbocycles. The summed E-state index contributed by atoms with van der Waals surface area (Å²) in [4.78, 5) is 45.3. The van der Waals surface area contributed by atoms with E-state index in [0.29, 0.717) is 17.8 Å². The Labute approximate surface area is 143 Å². The van der Waals surface area contributed by atoms with Gasteiger partial charge in [0.25, 0.3) is 11.5 Å². The van der Waals surface area contributed by atoms with Crippen molar-refractivity contribution in [2.24, 2.45) is 0 Å². The maximum Gasteiger partial charge on any atom is 0.274 e. The third kappa shape index (κ3) is 3.26. The van der Waals surface area contributed by atoms with Crippen LogP contribution in [0.25, 0.3) is 0 Å². The van der Waals surface area contributed by atoms with Crippen molar-refractivity contribution in [2.45, 2.75) is 13.0 Å². The number of carbonyl (C=O) groups excluding carboxylic acids is 2. The first-order valence-corrected chi connectivity index (χ1v) is 7.66. The summed E-state index contributed by atoms with van der Waals surface area (Å²) in [6.07, 6.45) is 2.28. The fourth-order valence-corrected chi connectivity index (χ4v) is 2.70. The molecule has 1 unspecified atom stereocenters. The van der Waals surface area contributed by atoms with Gasteiger partial charge in [-0.3, -0.25) is 14.4 Å². The smallest absolute Gasteiger partial charge is 0.274 e. The number of nitrogens with zero attached hydrogens (tertiary/aromatic N) is 4. The minimum Gasteiger partial charge on any atom is -0.325 e. The van der Waals surface area contributed by atoms with Crippen LogP contribution in [0.1, 0.15) is 23.0 Å². The van der Waals surface area contributed by atoms with Crippen LogP contribution in [0.15, 0.2) is 41.5 Å². The van der Waals surface area contributed by atoms with E-state index in [-0.39, 0.29) is 24.2 Å². The molecule has 1 aliphatic heterocycles. The number of rotatable bonds is 2. The number of aromatic amines is 1. The fourth-order valence-electron chi connectivity index (χ4n) is 2.70. The number of benzene rings is 1. The normalized spacial score (nSPS) is 17.3. The van der Waals surface area contributed by atoms with Gasteiger partial charge in [0.1, 0.15) is 12.2 Å². The molecule has 2 aromatic rings. The molecule has 0 bridgehead atoms. The van der Waals surface area contributed by atoms with Crippen LogP contribution in [0.2, 0.25) is 0 Å². The topological polar surface area (TPSA) is 110 Å². The van der Waals surface area contributed by atoms with Gasteiger partial charge >= 0.3 is 0 Å². The van der Waals surface area contributed by atoms with E-state index in [1.54, 1.807) is 29.2 Å². The van der Waals surface area contributed by atoms with Gasteiger partial charge in [0, 0.05) is 24.5 Å². The highest BCUT2D eigenvalue weighted by Gasteiger charge is 2.34. The summed E-state index contributed by atoms with van der Waals surface area (Å²) in [5.74, 6) is -0.628. The number of hydrogen-bond acceptors (Lipinski definition) is 5. The van der Waals surface area contributed by atoms with E-state index in [1.165, 1.54) is 11.1 Å². The van der Waals surface area contributed by atoms with Crippen LogP contribution in [0, 0.1) is 11.3 Å².